The standard InChI is InChI=1S/C14H18N4O5/c1-8(9(2)7-23-14(16)20)6-17-11-4-3-10(13(15)19)5-12(11)18(21)22/h3-5,17H,6-7H2,1-2H3,(H2,15,19)(H2,16,20). The van der Waals surface area contributed by atoms with Crippen LogP contribution >= 0.6 is 0 Å². The number of nitro benzene ring substituents is 1. The highest BCUT2D eigenvalue weighted by atomic mass is 16.6. The number of nitrogens with zero attached hydrogens (tertiary/aromatic N) is 1. The molecule has 1 rings (SSSR count). The summed E-state index contributed by atoms with van der Waals surface area (Å²) in [6.07, 6.45) is -0.872. The van der Waals surface area contributed by atoms with E-state index in [2.05, 4.69) is 10.1 Å². The summed E-state index contributed by atoms with van der Waals surface area (Å²) >= 11 is 0. The summed E-state index contributed by atoms with van der Waals surface area (Å²) in [6.45, 7) is 3.89. The van der Waals surface area contributed by atoms with Crippen molar-refractivity contribution < 1.29 is 19.2 Å². The van der Waals surface area contributed by atoms with E-state index in [1.54, 1.807) is 13.8 Å². The number of rotatable bonds is 7. The van der Waals surface area contributed by atoms with Gasteiger partial charge in [0.2, 0.25) is 5.91 Å². The van der Waals surface area contributed by atoms with Crippen molar-refractivity contribution in [2.75, 3.05) is 18.5 Å². The Morgan fingerprint density at radius 1 is 1.26 bits per heavy atom. The summed E-state index contributed by atoms with van der Waals surface area (Å²) < 4.78 is 4.67. The van der Waals surface area contributed by atoms with Gasteiger partial charge >= 0.3 is 6.09 Å². The van der Waals surface area contributed by atoms with Crippen molar-refractivity contribution in [2.24, 2.45) is 11.5 Å². The first kappa shape index (κ1) is 18.0. The van der Waals surface area contributed by atoms with Gasteiger partial charge in [0.1, 0.15) is 12.3 Å². The number of carbonyl (C=O) groups excluding carboxylic acids is 2. The number of anilines is 1. The lowest BCUT2D eigenvalue weighted by Crippen LogP contribution is -2.16. The fraction of sp³-hybridized carbons (Fsp3) is 0.286. The molecule has 2 amide bonds. The van der Waals surface area contributed by atoms with Gasteiger partial charge in [-0.2, -0.15) is 0 Å². The maximum absolute atomic E-state index is 11.1. The number of primary amides is 2. The minimum Gasteiger partial charge on any atom is -0.445 e. The molecule has 9 heteroatoms. The number of nitrogens with one attached hydrogen (secondary N) is 1. The molecule has 0 heterocycles. The van der Waals surface area contributed by atoms with Crippen LogP contribution in [0.3, 0.4) is 0 Å². The largest absolute Gasteiger partial charge is 0.445 e. The smallest absolute Gasteiger partial charge is 0.404 e. The number of nitrogens with two attached hydrogens (primary N) is 2. The second-order valence-corrected chi connectivity index (χ2v) is 4.88. The van der Waals surface area contributed by atoms with Crippen molar-refractivity contribution in [3.63, 3.8) is 0 Å². The first-order valence-corrected chi connectivity index (χ1v) is 6.62. The van der Waals surface area contributed by atoms with Crippen molar-refractivity contribution in [2.45, 2.75) is 13.8 Å². The van der Waals surface area contributed by atoms with Gasteiger partial charge in [-0.05, 0) is 31.6 Å². The third-order valence-corrected chi connectivity index (χ3v) is 3.18. The van der Waals surface area contributed by atoms with Gasteiger partial charge in [-0.25, -0.2) is 4.79 Å². The number of nitro groups is 1. The Balaban J connectivity index is 2.88. The van der Waals surface area contributed by atoms with E-state index < -0.39 is 16.9 Å². The molecule has 0 radical (unpaired) electrons. The fourth-order valence-electron chi connectivity index (χ4n) is 1.67. The lowest BCUT2D eigenvalue weighted by Gasteiger charge is -2.11. The van der Waals surface area contributed by atoms with Crippen molar-refractivity contribution in [1.82, 2.24) is 0 Å². The minimum atomic E-state index is -0.872. The van der Waals surface area contributed by atoms with Gasteiger partial charge in [0.15, 0.2) is 0 Å². The molecule has 5 N–H and O–H groups in total. The second-order valence-electron chi connectivity index (χ2n) is 4.88. The van der Waals surface area contributed by atoms with Crippen LogP contribution in [0.1, 0.15) is 24.2 Å². The summed E-state index contributed by atoms with van der Waals surface area (Å²) in [4.78, 5) is 32.1. The van der Waals surface area contributed by atoms with Crippen LogP contribution in [0.25, 0.3) is 0 Å². The summed E-state index contributed by atoms with van der Waals surface area (Å²) in [7, 11) is 0. The molecule has 0 saturated carbocycles. The van der Waals surface area contributed by atoms with E-state index in [1.165, 1.54) is 12.1 Å². The Morgan fingerprint density at radius 2 is 1.91 bits per heavy atom. The molecule has 0 spiro atoms. The molecule has 0 aliphatic carbocycles. The van der Waals surface area contributed by atoms with E-state index in [1.807, 2.05) is 0 Å². The Hall–Kier alpha value is -3.10. The summed E-state index contributed by atoms with van der Waals surface area (Å²) in [6, 6.07) is 3.94. The zero-order chi connectivity index (χ0) is 17.6. The van der Waals surface area contributed by atoms with Crippen LogP contribution in [-0.4, -0.2) is 30.1 Å². The van der Waals surface area contributed by atoms with Crippen LogP contribution in [0, 0.1) is 10.1 Å². The third kappa shape index (κ3) is 5.30. The maximum Gasteiger partial charge on any atom is 0.404 e. The highest BCUT2D eigenvalue weighted by molar-refractivity contribution is 5.94. The summed E-state index contributed by atoms with van der Waals surface area (Å²) in [5.41, 5.74) is 11.7. The van der Waals surface area contributed by atoms with Crippen molar-refractivity contribution >= 4 is 23.4 Å². The molecule has 0 unspecified atom stereocenters. The number of amides is 2. The van der Waals surface area contributed by atoms with Crippen molar-refractivity contribution in [3.05, 3.63) is 45.0 Å². The van der Waals surface area contributed by atoms with E-state index in [9.17, 15) is 19.7 Å². The van der Waals surface area contributed by atoms with Crippen molar-refractivity contribution in [1.29, 1.82) is 0 Å². The van der Waals surface area contributed by atoms with Crippen LogP contribution in [0.5, 0.6) is 0 Å². The molecule has 0 aromatic heterocycles. The minimum absolute atomic E-state index is 0.0472. The van der Waals surface area contributed by atoms with E-state index in [-0.39, 0.29) is 23.5 Å². The molecule has 23 heavy (non-hydrogen) atoms. The molecule has 0 fully saturated rings. The normalized spacial score (nSPS) is 11.4. The van der Waals surface area contributed by atoms with E-state index in [0.29, 0.717) is 6.54 Å². The highest BCUT2D eigenvalue weighted by Crippen LogP contribution is 2.25. The molecule has 0 atom stereocenters. The lowest BCUT2D eigenvalue weighted by molar-refractivity contribution is -0.384. The molecule has 124 valence electrons. The lowest BCUT2D eigenvalue weighted by atomic mass is 10.1. The fourth-order valence-corrected chi connectivity index (χ4v) is 1.67. The third-order valence-electron chi connectivity index (χ3n) is 3.18. The van der Waals surface area contributed by atoms with Gasteiger partial charge in [0.05, 0.1) is 4.92 Å². The number of hydrogen-bond acceptors (Lipinski definition) is 6. The highest BCUT2D eigenvalue weighted by Gasteiger charge is 2.16. The van der Waals surface area contributed by atoms with Gasteiger partial charge < -0.3 is 21.5 Å². The number of ether oxygens (including phenoxy) is 1. The Morgan fingerprint density at radius 3 is 2.43 bits per heavy atom. The first-order valence-electron chi connectivity index (χ1n) is 6.62. The molecule has 1 aromatic carbocycles. The molecular weight excluding hydrogens is 304 g/mol. The first-order chi connectivity index (χ1) is 10.7. The monoisotopic (exact) mass is 322 g/mol. The molecular formula is C14H18N4O5. The molecule has 1 aromatic rings. The Labute approximate surface area is 132 Å². The predicted octanol–water partition coefficient (Wildman–Crippen LogP) is 1.54. The second kappa shape index (κ2) is 7.78. The van der Waals surface area contributed by atoms with Gasteiger partial charge in [-0.15, -0.1) is 0 Å². The van der Waals surface area contributed by atoms with Crippen LogP contribution in [-0.2, 0) is 4.74 Å². The molecule has 0 aliphatic rings. The van der Waals surface area contributed by atoms with Gasteiger partial charge in [0, 0.05) is 18.2 Å². The zero-order valence-corrected chi connectivity index (χ0v) is 12.8. The van der Waals surface area contributed by atoms with E-state index in [0.717, 1.165) is 17.2 Å². The molecule has 9 nitrogen and oxygen atoms in total. The topological polar surface area (TPSA) is 151 Å². The quantitative estimate of drug-likeness (QED) is 0.393. The van der Waals surface area contributed by atoms with Crippen LogP contribution in [0.4, 0.5) is 16.2 Å². The average molecular weight is 322 g/mol. The molecule has 0 aliphatic heterocycles. The SMILES string of the molecule is CC(CNc1ccc(C(N)=O)cc1[N+](=O)[O-])=C(C)COC(N)=O. The van der Waals surface area contributed by atoms with E-state index in [4.69, 9.17) is 11.5 Å². The molecule has 0 bridgehead atoms. The van der Waals surface area contributed by atoms with Gasteiger partial charge in [-0.3, -0.25) is 14.9 Å². The Kier molecular flexibility index (Phi) is 6.07. The maximum atomic E-state index is 11.1. The summed E-state index contributed by atoms with van der Waals surface area (Å²) in [5.74, 6) is -0.741. The van der Waals surface area contributed by atoms with Gasteiger partial charge in [0.25, 0.3) is 5.69 Å². The van der Waals surface area contributed by atoms with Gasteiger partial charge in [-0.1, -0.05) is 5.57 Å². The van der Waals surface area contributed by atoms with Crippen molar-refractivity contribution in [3.8, 4) is 0 Å². The van der Waals surface area contributed by atoms with Crippen LogP contribution < -0.4 is 16.8 Å². The predicted molar refractivity (Wildman–Crippen MR) is 84.0 cm³/mol. The zero-order valence-electron chi connectivity index (χ0n) is 12.8. The van der Waals surface area contributed by atoms with Crippen LogP contribution in [0.2, 0.25) is 0 Å². The summed E-state index contributed by atoms with van der Waals surface area (Å²) in [5, 5.41) is 14.0. The number of hydrogen-bond donors (Lipinski definition) is 3. The Bertz CT molecular complexity index is 669. The number of carbonyl (C=O) groups is 2. The van der Waals surface area contributed by atoms with Crippen LogP contribution in [0.15, 0.2) is 29.3 Å². The van der Waals surface area contributed by atoms with E-state index >= 15 is 0 Å². The number of benzene rings is 1. The molecule has 0 saturated heterocycles. The average Bonchev–Trinajstić information content (AvgIpc) is 2.49.